The lowest BCUT2D eigenvalue weighted by molar-refractivity contribution is 0.245. The molecule has 2 rings (SSSR count). The SMILES string of the molecule is Cc1ccc(S(=O)(=O)NN2CCS(=O)(=O)C(C)C2)cc1. The fraction of sp³-hybridized carbons (Fsp3) is 0.500. The van der Waals surface area contributed by atoms with Gasteiger partial charge < -0.3 is 0 Å². The van der Waals surface area contributed by atoms with Crippen LogP contribution in [0.15, 0.2) is 29.2 Å². The lowest BCUT2D eigenvalue weighted by Crippen LogP contribution is -2.53. The number of nitrogens with zero attached hydrogens (tertiary/aromatic N) is 1. The fourth-order valence-electron chi connectivity index (χ4n) is 1.98. The normalized spacial score (nSPS) is 23.6. The third-order valence-electron chi connectivity index (χ3n) is 3.32. The van der Waals surface area contributed by atoms with Crippen LogP contribution in [-0.2, 0) is 19.9 Å². The number of aryl methyl sites for hydroxylation is 1. The molecule has 1 atom stereocenters. The molecule has 112 valence electrons. The van der Waals surface area contributed by atoms with Crippen LogP contribution < -0.4 is 4.83 Å². The molecule has 1 N–H and O–H groups in total. The maximum Gasteiger partial charge on any atom is 0.253 e. The summed E-state index contributed by atoms with van der Waals surface area (Å²) in [5, 5.41) is 0.873. The highest BCUT2D eigenvalue weighted by molar-refractivity contribution is 7.92. The van der Waals surface area contributed by atoms with Crippen LogP contribution in [0.2, 0.25) is 0 Å². The van der Waals surface area contributed by atoms with Gasteiger partial charge in [-0.05, 0) is 26.0 Å². The Morgan fingerprint density at radius 1 is 1.25 bits per heavy atom. The molecule has 1 aromatic carbocycles. The lowest BCUT2D eigenvalue weighted by Gasteiger charge is -2.30. The van der Waals surface area contributed by atoms with Gasteiger partial charge in [-0.1, -0.05) is 17.7 Å². The predicted octanol–water partition coefficient (Wildman–Crippen LogP) is 0.307. The fourth-order valence-corrected chi connectivity index (χ4v) is 4.37. The smallest absolute Gasteiger partial charge is 0.228 e. The average molecular weight is 318 g/mol. The molecular weight excluding hydrogens is 300 g/mol. The summed E-state index contributed by atoms with van der Waals surface area (Å²) in [5.41, 5.74) is 0.974. The van der Waals surface area contributed by atoms with Crippen LogP contribution in [0.4, 0.5) is 0 Å². The van der Waals surface area contributed by atoms with Gasteiger partial charge in [-0.15, -0.1) is 4.83 Å². The molecular formula is C12H18N2O4S2. The van der Waals surface area contributed by atoms with E-state index in [-0.39, 0.29) is 23.7 Å². The molecule has 1 aliphatic rings. The topological polar surface area (TPSA) is 83.6 Å². The Bertz CT molecular complexity index is 681. The molecule has 0 saturated carbocycles. The van der Waals surface area contributed by atoms with Crippen molar-refractivity contribution >= 4 is 19.9 Å². The van der Waals surface area contributed by atoms with E-state index in [1.165, 1.54) is 17.1 Å². The van der Waals surface area contributed by atoms with E-state index >= 15 is 0 Å². The zero-order valence-corrected chi connectivity index (χ0v) is 13.0. The molecule has 1 aromatic rings. The van der Waals surface area contributed by atoms with E-state index < -0.39 is 25.1 Å². The maximum absolute atomic E-state index is 12.2. The summed E-state index contributed by atoms with van der Waals surface area (Å²) < 4.78 is 47.5. The lowest BCUT2D eigenvalue weighted by atomic mass is 10.2. The van der Waals surface area contributed by atoms with Crippen LogP contribution >= 0.6 is 0 Å². The standard InChI is InChI=1S/C12H18N2O4S2/c1-10-3-5-12(6-4-10)20(17,18)13-14-7-8-19(15,16)11(2)9-14/h3-6,11,13H,7-9H2,1-2H3. The van der Waals surface area contributed by atoms with E-state index in [1.807, 2.05) is 6.92 Å². The summed E-state index contributed by atoms with van der Waals surface area (Å²) in [5.74, 6) is -0.0371. The Kier molecular flexibility index (Phi) is 4.19. The molecule has 8 heteroatoms. The van der Waals surface area contributed by atoms with E-state index in [4.69, 9.17) is 0 Å². The summed E-state index contributed by atoms with van der Waals surface area (Å²) >= 11 is 0. The first kappa shape index (κ1) is 15.4. The second-order valence-corrected chi connectivity index (χ2v) is 9.23. The van der Waals surface area contributed by atoms with Crippen LogP contribution in [0.1, 0.15) is 12.5 Å². The highest BCUT2D eigenvalue weighted by Gasteiger charge is 2.31. The predicted molar refractivity (Wildman–Crippen MR) is 76.3 cm³/mol. The molecule has 1 fully saturated rings. The number of hydrogen-bond donors (Lipinski definition) is 1. The zero-order valence-electron chi connectivity index (χ0n) is 11.4. The van der Waals surface area contributed by atoms with Crippen molar-refractivity contribution in [2.24, 2.45) is 0 Å². The Morgan fingerprint density at radius 3 is 2.40 bits per heavy atom. The molecule has 0 spiro atoms. The summed E-state index contributed by atoms with van der Waals surface area (Å²) in [7, 11) is -6.75. The third kappa shape index (κ3) is 3.38. The Morgan fingerprint density at radius 2 is 1.85 bits per heavy atom. The van der Waals surface area contributed by atoms with Crippen LogP contribution in [0.3, 0.4) is 0 Å². The second kappa shape index (κ2) is 5.44. The number of nitrogens with one attached hydrogen (secondary N) is 1. The van der Waals surface area contributed by atoms with Gasteiger partial charge in [0, 0.05) is 13.1 Å². The van der Waals surface area contributed by atoms with Crippen molar-refractivity contribution in [3.05, 3.63) is 29.8 Å². The van der Waals surface area contributed by atoms with E-state index in [2.05, 4.69) is 4.83 Å². The number of sulfone groups is 1. The van der Waals surface area contributed by atoms with Crippen LogP contribution in [0.5, 0.6) is 0 Å². The molecule has 20 heavy (non-hydrogen) atoms. The molecule has 0 amide bonds. The molecule has 0 aliphatic carbocycles. The first-order valence-electron chi connectivity index (χ1n) is 6.26. The quantitative estimate of drug-likeness (QED) is 0.867. The Hall–Kier alpha value is -0.960. The van der Waals surface area contributed by atoms with E-state index in [1.54, 1.807) is 19.1 Å². The molecule has 0 aromatic heterocycles. The number of rotatable bonds is 3. The van der Waals surface area contributed by atoms with Gasteiger partial charge in [-0.2, -0.15) is 0 Å². The van der Waals surface area contributed by atoms with Gasteiger partial charge in [0.1, 0.15) is 0 Å². The second-order valence-electron chi connectivity index (χ2n) is 5.03. The monoisotopic (exact) mass is 318 g/mol. The first-order chi connectivity index (χ1) is 9.21. The molecule has 1 aliphatic heterocycles. The summed E-state index contributed by atoms with van der Waals surface area (Å²) in [6.07, 6.45) is 0. The highest BCUT2D eigenvalue weighted by atomic mass is 32.2. The van der Waals surface area contributed by atoms with Gasteiger partial charge >= 0.3 is 0 Å². The van der Waals surface area contributed by atoms with Gasteiger partial charge in [0.05, 0.1) is 15.9 Å². The number of benzene rings is 1. The average Bonchev–Trinajstić information content (AvgIpc) is 2.34. The van der Waals surface area contributed by atoms with Crippen molar-refractivity contribution in [2.45, 2.75) is 24.0 Å². The first-order valence-corrected chi connectivity index (χ1v) is 9.46. The van der Waals surface area contributed by atoms with E-state index in [9.17, 15) is 16.8 Å². The zero-order chi connectivity index (χ0) is 15.0. The Balaban J connectivity index is 2.12. The number of hydrogen-bond acceptors (Lipinski definition) is 5. The Labute approximate surface area is 119 Å². The third-order valence-corrected chi connectivity index (χ3v) is 6.83. The van der Waals surface area contributed by atoms with Crippen molar-refractivity contribution in [3.8, 4) is 0 Å². The molecule has 1 saturated heterocycles. The molecule has 0 bridgehead atoms. The van der Waals surface area contributed by atoms with Crippen LogP contribution in [0, 0.1) is 6.92 Å². The largest absolute Gasteiger partial charge is 0.253 e. The van der Waals surface area contributed by atoms with Gasteiger partial charge in [-0.25, -0.2) is 21.8 Å². The van der Waals surface area contributed by atoms with Crippen molar-refractivity contribution in [1.29, 1.82) is 0 Å². The minimum absolute atomic E-state index is 0.0371. The molecule has 1 heterocycles. The van der Waals surface area contributed by atoms with Gasteiger partial charge in [0.25, 0.3) is 10.0 Å². The summed E-state index contributed by atoms with van der Waals surface area (Å²) in [6, 6.07) is 6.50. The maximum atomic E-state index is 12.2. The van der Waals surface area contributed by atoms with E-state index in [0.29, 0.717) is 0 Å². The van der Waals surface area contributed by atoms with Gasteiger partial charge in [0.2, 0.25) is 0 Å². The van der Waals surface area contributed by atoms with Crippen molar-refractivity contribution in [1.82, 2.24) is 9.84 Å². The molecule has 6 nitrogen and oxygen atoms in total. The van der Waals surface area contributed by atoms with Gasteiger partial charge in [0.15, 0.2) is 9.84 Å². The minimum Gasteiger partial charge on any atom is -0.228 e. The van der Waals surface area contributed by atoms with Crippen molar-refractivity contribution < 1.29 is 16.8 Å². The van der Waals surface area contributed by atoms with Crippen LogP contribution in [0.25, 0.3) is 0 Å². The minimum atomic E-state index is -3.66. The van der Waals surface area contributed by atoms with Crippen molar-refractivity contribution in [3.63, 3.8) is 0 Å². The van der Waals surface area contributed by atoms with E-state index in [0.717, 1.165) is 5.56 Å². The summed E-state index contributed by atoms with van der Waals surface area (Å²) in [6.45, 7) is 3.79. The number of sulfonamides is 1. The van der Waals surface area contributed by atoms with Gasteiger partial charge in [-0.3, -0.25) is 0 Å². The van der Waals surface area contributed by atoms with Crippen LogP contribution in [-0.4, -0.2) is 45.9 Å². The molecule has 0 radical (unpaired) electrons. The highest BCUT2D eigenvalue weighted by Crippen LogP contribution is 2.14. The number of hydrazine groups is 1. The molecule has 1 unspecified atom stereocenters. The van der Waals surface area contributed by atoms with Crippen molar-refractivity contribution in [2.75, 3.05) is 18.8 Å². The summed E-state index contributed by atoms with van der Waals surface area (Å²) in [4.78, 5) is 2.61.